The number of rotatable bonds is 5. The summed E-state index contributed by atoms with van der Waals surface area (Å²) in [6.45, 7) is 1.89. The molecule has 0 aromatic heterocycles. The third kappa shape index (κ3) is 5.44. The number of aryl methyl sites for hydroxylation is 1. The molecule has 0 aliphatic carbocycles. The van der Waals surface area contributed by atoms with Crippen LogP contribution in [0.25, 0.3) is 0 Å². The van der Waals surface area contributed by atoms with Gasteiger partial charge in [-0.15, -0.1) is 0 Å². The molecule has 7 heteroatoms. The maximum atomic E-state index is 12.2. The molecule has 0 spiro atoms. The molecule has 1 amide bonds. The van der Waals surface area contributed by atoms with Gasteiger partial charge >= 0.3 is 5.97 Å². The zero-order valence-corrected chi connectivity index (χ0v) is 16.9. The number of benzene rings is 3. The fourth-order valence-corrected chi connectivity index (χ4v) is 2.97. The molecule has 0 bridgehead atoms. The summed E-state index contributed by atoms with van der Waals surface area (Å²) in [7, 11) is 0. The minimum absolute atomic E-state index is 0.289. The molecular weight excluding hydrogens is 411 g/mol. The number of ether oxygens (including phenoxy) is 1. The Bertz CT molecular complexity index is 1080. The fraction of sp³-hybridized carbons (Fsp3) is 0.0455. The Morgan fingerprint density at radius 1 is 0.931 bits per heavy atom. The molecule has 29 heavy (non-hydrogen) atoms. The van der Waals surface area contributed by atoms with Gasteiger partial charge in [0.15, 0.2) is 0 Å². The van der Waals surface area contributed by atoms with Crippen molar-refractivity contribution in [3.63, 3.8) is 0 Å². The lowest BCUT2D eigenvalue weighted by molar-refractivity contribution is 0.0734. The first-order valence-electron chi connectivity index (χ1n) is 8.60. The average molecular weight is 427 g/mol. The van der Waals surface area contributed by atoms with Crippen molar-refractivity contribution in [2.24, 2.45) is 5.10 Å². The van der Waals surface area contributed by atoms with Gasteiger partial charge in [-0.2, -0.15) is 5.10 Å². The summed E-state index contributed by atoms with van der Waals surface area (Å²) < 4.78 is 5.31. The third-order valence-electron chi connectivity index (χ3n) is 3.93. The van der Waals surface area contributed by atoms with E-state index in [1.807, 2.05) is 6.92 Å². The summed E-state index contributed by atoms with van der Waals surface area (Å²) in [5.74, 6) is -0.585. The van der Waals surface area contributed by atoms with Gasteiger partial charge in [0.25, 0.3) is 5.91 Å². The molecule has 0 aliphatic rings. The van der Waals surface area contributed by atoms with Crippen LogP contribution in [0.2, 0.25) is 10.0 Å². The second-order valence-corrected chi connectivity index (χ2v) is 6.94. The molecule has 1 N–H and O–H groups in total. The van der Waals surface area contributed by atoms with Crippen LogP contribution >= 0.6 is 23.2 Å². The number of carbonyl (C=O) groups is 2. The van der Waals surface area contributed by atoms with Gasteiger partial charge in [0, 0.05) is 0 Å². The topological polar surface area (TPSA) is 67.8 Å². The van der Waals surface area contributed by atoms with E-state index in [9.17, 15) is 9.59 Å². The fourth-order valence-electron chi connectivity index (χ4n) is 2.44. The van der Waals surface area contributed by atoms with Gasteiger partial charge in [-0.3, -0.25) is 4.79 Å². The highest BCUT2D eigenvalue weighted by atomic mass is 35.5. The van der Waals surface area contributed by atoms with Crippen molar-refractivity contribution >= 4 is 41.3 Å². The first-order valence-corrected chi connectivity index (χ1v) is 9.36. The van der Waals surface area contributed by atoms with Gasteiger partial charge in [0.05, 0.1) is 27.4 Å². The Kier molecular flexibility index (Phi) is 6.65. The van der Waals surface area contributed by atoms with Crippen molar-refractivity contribution in [1.29, 1.82) is 0 Å². The Morgan fingerprint density at radius 3 is 2.34 bits per heavy atom. The van der Waals surface area contributed by atoms with E-state index in [1.54, 1.807) is 66.7 Å². The van der Waals surface area contributed by atoms with E-state index in [1.165, 1.54) is 6.21 Å². The summed E-state index contributed by atoms with van der Waals surface area (Å²) in [5, 5.41) is 4.61. The Balaban J connectivity index is 1.59. The average Bonchev–Trinajstić information content (AvgIpc) is 2.69. The molecule has 0 radical (unpaired) electrons. The number of hydrogen-bond acceptors (Lipinski definition) is 4. The van der Waals surface area contributed by atoms with Crippen LogP contribution in [0.3, 0.4) is 0 Å². The van der Waals surface area contributed by atoms with E-state index in [4.69, 9.17) is 27.9 Å². The lowest BCUT2D eigenvalue weighted by Crippen LogP contribution is -2.18. The molecule has 0 unspecified atom stereocenters. The highest BCUT2D eigenvalue weighted by Gasteiger charge is 2.12. The van der Waals surface area contributed by atoms with E-state index < -0.39 is 11.9 Å². The summed E-state index contributed by atoms with van der Waals surface area (Å²) in [4.78, 5) is 24.3. The number of hydrazone groups is 1. The van der Waals surface area contributed by atoms with Gasteiger partial charge in [-0.25, -0.2) is 10.2 Å². The molecule has 5 nitrogen and oxygen atoms in total. The van der Waals surface area contributed by atoms with Crippen molar-refractivity contribution < 1.29 is 14.3 Å². The molecule has 0 aliphatic heterocycles. The first kappa shape index (κ1) is 20.6. The number of halogens is 2. The van der Waals surface area contributed by atoms with Crippen LogP contribution in [0.5, 0.6) is 5.75 Å². The lowest BCUT2D eigenvalue weighted by atomic mass is 10.1. The minimum Gasteiger partial charge on any atom is -0.423 e. The van der Waals surface area contributed by atoms with E-state index >= 15 is 0 Å². The summed E-state index contributed by atoms with van der Waals surface area (Å²) >= 11 is 12.1. The van der Waals surface area contributed by atoms with Gasteiger partial charge in [0.2, 0.25) is 0 Å². The number of nitrogens with zero attached hydrogens (tertiary/aromatic N) is 1. The summed E-state index contributed by atoms with van der Waals surface area (Å²) in [6, 6.07) is 18.4. The maximum Gasteiger partial charge on any atom is 0.345 e. The number of hydrogen-bond donors (Lipinski definition) is 1. The zero-order valence-electron chi connectivity index (χ0n) is 15.4. The molecule has 0 saturated heterocycles. The van der Waals surface area contributed by atoms with Crippen molar-refractivity contribution in [3.05, 3.63) is 99.0 Å². The van der Waals surface area contributed by atoms with Gasteiger partial charge in [0.1, 0.15) is 5.75 Å². The van der Waals surface area contributed by atoms with E-state index in [-0.39, 0.29) is 5.56 Å². The second-order valence-electron chi connectivity index (χ2n) is 6.12. The van der Waals surface area contributed by atoms with Crippen molar-refractivity contribution in [2.75, 3.05) is 0 Å². The molecule has 0 fully saturated rings. The van der Waals surface area contributed by atoms with Gasteiger partial charge < -0.3 is 4.74 Å². The standard InChI is InChI=1S/C22H16Cl2N2O3/c1-14-6-11-17(20(24)12-14)21(27)26-25-13-15-7-9-16(10-8-15)29-22(28)18-4-2-3-5-19(18)23/h2-13H,1H3,(H,26,27)/b25-13-. The first-order chi connectivity index (χ1) is 13.9. The van der Waals surface area contributed by atoms with Gasteiger partial charge in [-0.05, 0) is 66.6 Å². The van der Waals surface area contributed by atoms with E-state index in [0.29, 0.717) is 26.9 Å². The molecule has 3 rings (SSSR count). The second kappa shape index (κ2) is 9.37. The highest BCUT2D eigenvalue weighted by molar-refractivity contribution is 6.34. The van der Waals surface area contributed by atoms with Crippen LogP contribution in [0.15, 0.2) is 71.8 Å². The molecule has 0 heterocycles. The molecule has 146 valence electrons. The van der Waals surface area contributed by atoms with Crippen molar-refractivity contribution in [1.82, 2.24) is 5.43 Å². The Labute approximate surface area is 177 Å². The SMILES string of the molecule is Cc1ccc(C(=O)N/N=C\c2ccc(OC(=O)c3ccccc3Cl)cc2)c(Cl)c1. The molecule has 0 saturated carbocycles. The van der Waals surface area contributed by atoms with E-state index in [0.717, 1.165) is 5.56 Å². The van der Waals surface area contributed by atoms with Crippen molar-refractivity contribution in [2.45, 2.75) is 6.92 Å². The predicted octanol–water partition coefficient (Wildman–Crippen LogP) is 5.28. The Hall–Kier alpha value is -3.15. The molecule has 3 aromatic rings. The lowest BCUT2D eigenvalue weighted by Gasteiger charge is -2.06. The smallest absolute Gasteiger partial charge is 0.345 e. The normalized spacial score (nSPS) is 10.7. The summed E-state index contributed by atoms with van der Waals surface area (Å²) in [6.07, 6.45) is 1.47. The highest BCUT2D eigenvalue weighted by Crippen LogP contribution is 2.19. The zero-order chi connectivity index (χ0) is 20.8. The predicted molar refractivity (Wildman–Crippen MR) is 114 cm³/mol. The molecule has 3 aromatic carbocycles. The van der Waals surface area contributed by atoms with Gasteiger partial charge in [-0.1, -0.05) is 41.4 Å². The van der Waals surface area contributed by atoms with Crippen LogP contribution < -0.4 is 10.2 Å². The molecular formula is C22H16Cl2N2O3. The number of carbonyl (C=O) groups excluding carboxylic acids is 2. The molecule has 0 atom stereocenters. The number of esters is 1. The van der Waals surface area contributed by atoms with Crippen LogP contribution in [0.4, 0.5) is 0 Å². The summed E-state index contributed by atoms with van der Waals surface area (Å²) in [5.41, 5.74) is 4.73. The van der Waals surface area contributed by atoms with E-state index in [2.05, 4.69) is 10.5 Å². The largest absolute Gasteiger partial charge is 0.423 e. The van der Waals surface area contributed by atoms with Crippen molar-refractivity contribution in [3.8, 4) is 5.75 Å². The Morgan fingerprint density at radius 2 is 1.66 bits per heavy atom. The monoisotopic (exact) mass is 426 g/mol. The maximum absolute atomic E-state index is 12.2. The van der Waals surface area contributed by atoms with Crippen LogP contribution in [0, 0.1) is 6.92 Å². The van der Waals surface area contributed by atoms with Crippen LogP contribution in [0.1, 0.15) is 31.8 Å². The minimum atomic E-state index is -0.542. The van der Waals surface area contributed by atoms with Crippen LogP contribution in [-0.2, 0) is 0 Å². The van der Waals surface area contributed by atoms with Crippen LogP contribution in [-0.4, -0.2) is 18.1 Å². The quantitative estimate of drug-likeness (QED) is 0.261. The number of nitrogens with one attached hydrogen (secondary N) is 1. The third-order valence-corrected chi connectivity index (χ3v) is 4.58. The number of amides is 1.